The number of nitrogens with zero attached hydrogens (tertiary/aromatic N) is 3. The van der Waals surface area contributed by atoms with E-state index in [0.717, 1.165) is 28.3 Å². The summed E-state index contributed by atoms with van der Waals surface area (Å²) in [6.07, 6.45) is 1.78. The maximum absolute atomic E-state index is 10.7. The Morgan fingerprint density at radius 2 is 1.81 bits per heavy atom. The molecule has 0 aliphatic carbocycles. The average Bonchev–Trinajstić information content (AvgIpc) is 3.40. The number of halogens is 1. The number of pyridine rings is 1. The number of hydrogen-bond donors (Lipinski definition) is 2. The third kappa shape index (κ3) is 4.36. The Morgan fingerprint density at radius 1 is 1.00 bits per heavy atom. The third-order valence-electron chi connectivity index (χ3n) is 6.71. The van der Waals surface area contributed by atoms with E-state index < -0.39 is 0 Å². The van der Waals surface area contributed by atoms with Crippen molar-refractivity contribution in [1.29, 1.82) is 0 Å². The Kier molecular flexibility index (Phi) is 6.70. The van der Waals surface area contributed by atoms with Crippen molar-refractivity contribution in [3.8, 4) is 22.9 Å². The van der Waals surface area contributed by atoms with Crippen LogP contribution in [0.4, 0.5) is 5.69 Å². The van der Waals surface area contributed by atoms with Crippen molar-refractivity contribution in [2.45, 2.75) is 25.9 Å². The minimum Gasteiger partial charge on any atom is -0.506 e. The van der Waals surface area contributed by atoms with E-state index in [1.165, 1.54) is 0 Å². The van der Waals surface area contributed by atoms with Crippen LogP contribution in [0, 0.1) is 13.8 Å². The quantitative estimate of drug-likeness (QED) is 0.292. The molecule has 2 N–H and O–H groups in total. The van der Waals surface area contributed by atoms with E-state index in [2.05, 4.69) is 21.3 Å². The van der Waals surface area contributed by atoms with Gasteiger partial charge >= 0.3 is 0 Å². The summed E-state index contributed by atoms with van der Waals surface area (Å²) in [7, 11) is 3.25. The molecule has 0 bridgehead atoms. The number of phenols is 1. The SMILES string of the molecule is COc1ccc(N2C(=S)N[C@@H](c3ccccn3)[C@H]2c2cc(C)n(-c3cc(Cl)ccc3O)c2C)c(OC)c1. The van der Waals surface area contributed by atoms with Crippen molar-refractivity contribution in [3.63, 3.8) is 0 Å². The van der Waals surface area contributed by atoms with Crippen LogP contribution in [-0.4, -0.2) is 34.0 Å². The van der Waals surface area contributed by atoms with Crippen LogP contribution in [0.5, 0.6) is 17.2 Å². The summed E-state index contributed by atoms with van der Waals surface area (Å²) in [5, 5.41) is 15.3. The van der Waals surface area contributed by atoms with Crippen LogP contribution in [0.3, 0.4) is 0 Å². The first-order chi connectivity index (χ1) is 17.8. The van der Waals surface area contributed by atoms with Crippen molar-refractivity contribution < 1.29 is 14.6 Å². The molecule has 0 radical (unpaired) electrons. The molecule has 0 spiro atoms. The smallest absolute Gasteiger partial charge is 0.174 e. The molecular formula is C28H27ClN4O3S. The number of nitrogens with one attached hydrogen (secondary N) is 1. The molecule has 1 aliphatic rings. The number of hydrogen-bond acceptors (Lipinski definition) is 5. The zero-order valence-electron chi connectivity index (χ0n) is 20.9. The largest absolute Gasteiger partial charge is 0.506 e. The zero-order valence-corrected chi connectivity index (χ0v) is 22.5. The van der Waals surface area contributed by atoms with E-state index in [-0.39, 0.29) is 17.8 Å². The van der Waals surface area contributed by atoms with Gasteiger partial charge in [0.1, 0.15) is 17.2 Å². The van der Waals surface area contributed by atoms with Crippen LogP contribution >= 0.6 is 23.8 Å². The van der Waals surface area contributed by atoms with Crippen LogP contribution in [0.15, 0.2) is 66.9 Å². The standard InChI is InChI=1S/C28H27ClN4O3S/c1-16-13-20(17(2)32(16)23-14-18(29)8-11-24(23)34)27-26(21-7-5-6-12-30-21)31-28(37)33(27)22-10-9-19(35-3)15-25(22)36-4/h5-15,26-27,34H,1-4H3,(H,31,37)/t26-,27+/m0/s1. The van der Waals surface area contributed by atoms with E-state index in [4.69, 9.17) is 33.3 Å². The predicted molar refractivity (Wildman–Crippen MR) is 149 cm³/mol. The summed E-state index contributed by atoms with van der Waals surface area (Å²) in [5.74, 6) is 1.47. The summed E-state index contributed by atoms with van der Waals surface area (Å²) in [5.41, 5.74) is 5.21. The van der Waals surface area contributed by atoms with Gasteiger partial charge in [0.15, 0.2) is 5.11 Å². The van der Waals surface area contributed by atoms with Gasteiger partial charge in [-0.1, -0.05) is 17.7 Å². The van der Waals surface area contributed by atoms with Crippen molar-refractivity contribution in [3.05, 3.63) is 94.5 Å². The molecule has 0 saturated carbocycles. The van der Waals surface area contributed by atoms with Crippen molar-refractivity contribution in [2.75, 3.05) is 19.1 Å². The van der Waals surface area contributed by atoms with Gasteiger partial charge in [0, 0.05) is 28.7 Å². The fraction of sp³-hybridized carbons (Fsp3) is 0.214. The molecule has 0 unspecified atom stereocenters. The number of aromatic nitrogens is 2. The molecule has 0 amide bonds. The average molecular weight is 535 g/mol. The van der Waals surface area contributed by atoms with Crippen LogP contribution < -0.4 is 19.7 Å². The molecule has 1 saturated heterocycles. The lowest BCUT2D eigenvalue weighted by molar-refractivity contribution is 0.394. The Hall–Kier alpha value is -3.75. The van der Waals surface area contributed by atoms with Gasteiger partial charge < -0.3 is 29.4 Å². The van der Waals surface area contributed by atoms with Gasteiger partial charge in [-0.15, -0.1) is 0 Å². The summed E-state index contributed by atoms with van der Waals surface area (Å²) in [4.78, 5) is 6.71. The molecule has 2 aromatic carbocycles. The Morgan fingerprint density at radius 3 is 2.51 bits per heavy atom. The minimum atomic E-state index is -0.258. The number of anilines is 1. The number of aryl methyl sites for hydroxylation is 1. The van der Waals surface area contributed by atoms with Gasteiger partial charge in [0.25, 0.3) is 0 Å². The van der Waals surface area contributed by atoms with Crippen LogP contribution in [0.1, 0.15) is 34.7 Å². The lowest BCUT2D eigenvalue weighted by Crippen LogP contribution is -2.30. The molecule has 3 heterocycles. The second-order valence-corrected chi connectivity index (χ2v) is 9.65. The molecule has 1 aliphatic heterocycles. The highest BCUT2D eigenvalue weighted by Gasteiger charge is 2.43. The van der Waals surface area contributed by atoms with Crippen LogP contribution in [0.2, 0.25) is 5.02 Å². The molecular weight excluding hydrogens is 508 g/mol. The van der Waals surface area contributed by atoms with Gasteiger partial charge in [-0.05, 0) is 80.2 Å². The highest BCUT2D eigenvalue weighted by Crippen LogP contribution is 2.47. The number of ether oxygens (including phenoxy) is 2. The van der Waals surface area contributed by atoms with Crippen molar-refractivity contribution >= 4 is 34.6 Å². The molecule has 5 rings (SSSR count). The molecule has 7 nitrogen and oxygen atoms in total. The van der Waals surface area contributed by atoms with Crippen molar-refractivity contribution in [2.24, 2.45) is 0 Å². The van der Waals surface area contributed by atoms with Gasteiger partial charge in [0.05, 0.1) is 43.4 Å². The van der Waals surface area contributed by atoms with Gasteiger partial charge in [-0.25, -0.2) is 0 Å². The highest BCUT2D eigenvalue weighted by molar-refractivity contribution is 7.80. The maximum Gasteiger partial charge on any atom is 0.174 e. The summed E-state index contributed by atoms with van der Waals surface area (Å²) in [6.45, 7) is 4.04. The van der Waals surface area contributed by atoms with Gasteiger partial charge in [-0.3, -0.25) is 4.98 Å². The molecule has 1 fully saturated rings. The zero-order chi connectivity index (χ0) is 26.3. The Labute approximate surface area is 226 Å². The van der Waals surface area contributed by atoms with E-state index in [9.17, 15) is 5.11 Å². The molecule has 2 atom stereocenters. The van der Waals surface area contributed by atoms with E-state index in [1.54, 1.807) is 38.6 Å². The molecule has 4 aromatic rings. The lowest BCUT2D eigenvalue weighted by atomic mass is 9.96. The summed E-state index contributed by atoms with van der Waals surface area (Å²) >= 11 is 12.2. The summed E-state index contributed by atoms with van der Waals surface area (Å²) < 4.78 is 13.2. The van der Waals surface area contributed by atoms with Gasteiger partial charge in [-0.2, -0.15) is 0 Å². The fourth-order valence-corrected chi connectivity index (χ4v) is 5.55. The lowest BCUT2D eigenvalue weighted by Gasteiger charge is -2.29. The van der Waals surface area contributed by atoms with Crippen LogP contribution in [-0.2, 0) is 0 Å². The normalized spacial score (nSPS) is 17.1. The number of rotatable bonds is 6. The van der Waals surface area contributed by atoms with E-state index in [0.29, 0.717) is 27.3 Å². The number of methoxy groups -OCH3 is 2. The predicted octanol–water partition coefficient (Wildman–Crippen LogP) is 6.04. The number of thiocarbonyl (C=S) groups is 1. The monoisotopic (exact) mass is 534 g/mol. The second-order valence-electron chi connectivity index (χ2n) is 8.83. The Bertz CT molecular complexity index is 1470. The third-order valence-corrected chi connectivity index (χ3v) is 7.26. The number of phenolic OH excluding ortho intramolecular Hbond substituents is 1. The maximum atomic E-state index is 10.7. The second kappa shape index (κ2) is 9.95. The summed E-state index contributed by atoms with van der Waals surface area (Å²) in [6, 6.07) is 18.2. The first-order valence-electron chi connectivity index (χ1n) is 11.7. The van der Waals surface area contributed by atoms with Crippen LogP contribution in [0.25, 0.3) is 5.69 Å². The number of aromatic hydroxyl groups is 1. The van der Waals surface area contributed by atoms with Crippen molar-refractivity contribution in [1.82, 2.24) is 14.9 Å². The fourth-order valence-electron chi connectivity index (χ4n) is 5.05. The first-order valence-corrected chi connectivity index (χ1v) is 12.5. The molecule has 2 aromatic heterocycles. The highest BCUT2D eigenvalue weighted by atomic mass is 35.5. The minimum absolute atomic E-state index is 0.146. The topological polar surface area (TPSA) is 71.8 Å². The molecule has 9 heteroatoms. The molecule has 37 heavy (non-hydrogen) atoms. The first kappa shape index (κ1) is 24.9. The Balaban J connectivity index is 1.72. The molecule has 190 valence electrons. The van der Waals surface area contributed by atoms with E-state index in [1.807, 2.05) is 54.8 Å². The van der Waals surface area contributed by atoms with E-state index >= 15 is 0 Å². The van der Waals surface area contributed by atoms with Gasteiger partial charge in [0.2, 0.25) is 0 Å². The number of benzene rings is 2.